The van der Waals surface area contributed by atoms with E-state index >= 15 is 0 Å². The zero-order valence-electron chi connectivity index (χ0n) is 11.7. The molecule has 0 radical (unpaired) electrons. The van der Waals surface area contributed by atoms with Gasteiger partial charge in [-0.2, -0.15) is 4.98 Å². The Morgan fingerprint density at radius 1 is 1.35 bits per heavy atom. The minimum Gasteiger partial charge on any atom is -0.366 e. The van der Waals surface area contributed by atoms with Gasteiger partial charge in [-0.1, -0.05) is 26.2 Å². The number of nitrogens with one attached hydrogen (secondary N) is 2. The monoisotopic (exact) mass is 291 g/mol. The molecule has 0 spiro atoms. The lowest BCUT2D eigenvalue weighted by Crippen LogP contribution is -2.32. The van der Waals surface area contributed by atoms with E-state index in [1.165, 1.54) is 32.1 Å². The Kier molecular flexibility index (Phi) is 4.03. The summed E-state index contributed by atoms with van der Waals surface area (Å²) in [5.41, 5.74) is 2.56. The van der Waals surface area contributed by atoms with Gasteiger partial charge in [0.15, 0.2) is 0 Å². The van der Waals surface area contributed by atoms with E-state index in [0.717, 1.165) is 22.0 Å². The van der Waals surface area contributed by atoms with Crippen LogP contribution in [0, 0.1) is 5.92 Å². The van der Waals surface area contributed by atoms with E-state index in [4.69, 9.17) is 5.84 Å². The predicted molar refractivity (Wildman–Crippen MR) is 84.9 cm³/mol. The van der Waals surface area contributed by atoms with Crippen LogP contribution in [0.5, 0.6) is 0 Å². The second-order valence-electron chi connectivity index (χ2n) is 5.38. The molecule has 3 rings (SSSR count). The fourth-order valence-electron chi connectivity index (χ4n) is 3.09. The fourth-order valence-corrected chi connectivity index (χ4v) is 3.86. The smallest absolute Gasteiger partial charge is 0.240 e. The lowest BCUT2D eigenvalue weighted by atomic mass is 9.83. The average Bonchev–Trinajstić information content (AvgIpc) is 2.96. The third kappa shape index (κ3) is 2.58. The number of hydrogen-bond acceptors (Lipinski definition) is 6. The molecule has 4 N–H and O–H groups in total. The molecule has 2 heterocycles. The van der Waals surface area contributed by atoms with E-state index in [0.29, 0.717) is 12.0 Å². The number of anilines is 2. The van der Waals surface area contributed by atoms with Crippen molar-refractivity contribution in [3.8, 4) is 0 Å². The van der Waals surface area contributed by atoms with Gasteiger partial charge >= 0.3 is 0 Å². The van der Waals surface area contributed by atoms with Crippen LogP contribution in [-0.2, 0) is 0 Å². The van der Waals surface area contributed by atoms with Crippen molar-refractivity contribution >= 4 is 33.3 Å². The van der Waals surface area contributed by atoms with Crippen molar-refractivity contribution in [3.63, 3.8) is 0 Å². The second-order valence-corrected chi connectivity index (χ2v) is 6.28. The molecule has 0 saturated heterocycles. The number of hydrazine groups is 1. The normalized spacial score (nSPS) is 22.9. The molecule has 0 amide bonds. The molecule has 0 aromatic carbocycles. The maximum Gasteiger partial charge on any atom is 0.240 e. The topological polar surface area (TPSA) is 75.9 Å². The first kappa shape index (κ1) is 13.6. The lowest BCUT2D eigenvalue weighted by Gasteiger charge is -2.32. The Labute approximate surface area is 123 Å². The minimum absolute atomic E-state index is 0.478. The number of nitrogens with zero attached hydrogens (tertiary/aromatic N) is 2. The molecule has 20 heavy (non-hydrogen) atoms. The summed E-state index contributed by atoms with van der Waals surface area (Å²) in [4.78, 5) is 9.85. The van der Waals surface area contributed by atoms with Gasteiger partial charge in [0.1, 0.15) is 10.6 Å². The molecule has 0 bridgehead atoms. The highest BCUT2D eigenvalue weighted by atomic mass is 32.1. The van der Waals surface area contributed by atoms with Gasteiger partial charge in [-0.3, -0.25) is 5.43 Å². The van der Waals surface area contributed by atoms with Gasteiger partial charge in [-0.25, -0.2) is 10.8 Å². The molecule has 2 aromatic rings. The number of rotatable bonds is 4. The first-order valence-electron chi connectivity index (χ1n) is 7.30. The van der Waals surface area contributed by atoms with Crippen LogP contribution < -0.4 is 16.6 Å². The van der Waals surface area contributed by atoms with Gasteiger partial charge in [-0.05, 0) is 30.2 Å². The quantitative estimate of drug-likeness (QED) is 0.595. The van der Waals surface area contributed by atoms with Crippen LogP contribution >= 0.6 is 11.3 Å². The minimum atomic E-state index is 0.478. The first-order chi connectivity index (χ1) is 9.81. The zero-order valence-corrected chi connectivity index (χ0v) is 12.5. The lowest BCUT2D eigenvalue weighted by molar-refractivity contribution is 0.317. The van der Waals surface area contributed by atoms with Crippen LogP contribution in [0.25, 0.3) is 10.2 Å². The molecule has 1 saturated carbocycles. The van der Waals surface area contributed by atoms with Crippen LogP contribution in [-0.4, -0.2) is 16.0 Å². The number of nitrogen functional groups attached to an aromatic ring is 1. The van der Waals surface area contributed by atoms with Crippen molar-refractivity contribution in [1.29, 1.82) is 0 Å². The second kappa shape index (κ2) is 5.93. The standard InChI is InChI=1S/C14H21N5S/c1-2-9-5-3-4-6-11(9)16-12-10-7-8-20-13(10)18-14(17-12)19-15/h7-9,11H,2-6,15H2,1H3,(H2,16,17,18,19). The van der Waals surface area contributed by atoms with Gasteiger partial charge in [0.25, 0.3) is 0 Å². The van der Waals surface area contributed by atoms with Crippen LogP contribution in [0.2, 0.25) is 0 Å². The van der Waals surface area contributed by atoms with E-state index in [2.05, 4.69) is 33.7 Å². The summed E-state index contributed by atoms with van der Waals surface area (Å²) in [5, 5.41) is 6.78. The molecule has 1 aliphatic carbocycles. The molecule has 0 aliphatic heterocycles. The third-order valence-corrected chi connectivity index (χ3v) is 5.02. The van der Waals surface area contributed by atoms with E-state index in [9.17, 15) is 0 Å². The van der Waals surface area contributed by atoms with Crippen molar-refractivity contribution in [3.05, 3.63) is 11.4 Å². The Hall–Kier alpha value is -1.40. The number of hydrogen-bond donors (Lipinski definition) is 3. The molecular weight excluding hydrogens is 270 g/mol. The number of nitrogens with two attached hydrogens (primary N) is 1. The van der Waals surface area contributed by atoms with Crippen LogP contribution in [0.3, 0.4) is 0 Å². The van der Waals surface area contributed by atoms with Gasteiger partial charge in [0, 0.05) is 6.04 Å². The van der Waals surface area contributed by atoms with E-state index in [-0.39, 0.29) is 0 Å². The van der Waals surface area contributed by atoms with Crippen LogP contribution in [0.1, 0.15) is 39.0 Å². The molecule has 2 aromatic heterocycles. The average molecular weight is 291 g/mol. The molecule has 1 aliphatic rings. The molecule has 1 fully saturated rings. The van der Waals surface area contributed by atoms with E-state index < -0.39 is 0 Å². The highest BCUT2D eigenvalue weighted by Crippen LogP contribution is 2.32. The molecule has 5 nitrogen and oxygen atoms in total. The molecule has 2 unspecified atom stereocenters. The van der Waals surface area contributed by atoms with E-state index in [1.54, 1.807) is 11.3 Å². The summed E-state index contributed by atoms with van der Waals surface area (Å²) in [6.07, 6.45) is 6.41. The van der Waals surface area contributed by atoms with Crippen molar-refractivity contribution in [2.75, 3.05) is 10.7 Å². The zero-order chi connectivity index (χ0) is 13.9. The highest BCUT2D eigenvalue weighted by Gasteiger charge is 2.24. The summed E-state index contributed by atoms with van der Waals surface area (Å²) >= 11 is 1.61. The molecule has 2 atom stereocenters. The van der Waals surface area contributed by atoms with Gasteiger partial charge in [-0.15, -0.1) is 11.3 Å². The van der Waals surface area contributed by atoms with Crippen molar-refractivity contribution in [1.82, 2.24) is 9.97 Å². The maximum atomic E-state index is 5.47. The predicted octanol–water partition coefficient (Wildman–Crippen LogP) is 3.36. The molecule has 108 valence electrons. The number of fused-ring (bicyclic) bond motifs is 1. The summed E-state index contributed by atoms with van der Waals surface area (Å²) in [7, 11) is 0. The van der Waals surface area contributed by atoms with Crippen molar-refractivity contribution in [2.45, 2.75) is 45.1 Å². The molecular formula is C14H21N5S. The summed E-state index contributed by atoms with van der Waals surface area (Å²) in [5.74, 6) is 7.59. The van der Waals surface area contributed by atoms with Crippen LogP contribution in [0.15, 0.2) is 11.4 Å². The number of aromatic nitrogens is 2. The Morgan fingerprint density at radius 2 is 2.20 bits per heavy atom. The highest BCUT2D eigenvalue weighted by molar-refractivity contribution is 7.16. The van der Waals surface area contributed by atoms with Crippen molar-refractivity contribution < 1.29 is 0 Å². The van der Waals surface area contributed by atoms with Gasteiger partial charge in [0.2, 0.25) is 5.95 Å². The largest absolute Gasteiger partial charge is 0.366 e. The Balaban J connectivity index is 1.90. The van der Waals surface area contributed by atoms with Gasteiger partial charge in [0.05, 0.1) is 5.39 Å². The van der Waals surface area contributed by atoms with E-state index in [1.807, 2.05) is 5.38 Å². The fraction of sp³-hybridized carbons (Fsp3) is 0.571. The Morgan fingerprint density at radius 3 is 3.00 bits per heavy atom. The Bertz CT molecular complexity index is 582. The molecule has 6 heteroatoms. The maximum absolute atomic E-state index is 5.47. The third-order valence-electron chi connectivity index (χ3n) is 4.21. The van der Waals surface area contributed by atoms with Crippen LogP contribution in [0.4, 0.5) is 11.8 Å². The SMILES string of the molecule is CCC1CCCCC1Nc1nc(NN)nc2sccc12. The van der Waals surface area contributed by atoms with Crippen molar-refractivity contribution in [2.24, 2.45) is 11.8 Å². The first-order valence-corrected chi connectivity index (χ1v) is 8.18. The van der Waals surface area contributed by atoms with Gasteiger partial charge < -0.3 is 5.32 Å². The number of thiophene rings is 1. The summed E-state index contributed by atoms with van der Waals surface area (Å²) in [6.45, 7) is 2.28. The summed E-state index contributed by atoms with van der Waals surface area (Å²) in [6, 6.07) is 2.59. The summed E-state index contributed by atoms with van der Waals surface area (Å²) < 4.78 is 0.